The predicted octanol–water partition coefficient (Wildman–Crippen LogP) is 0.548. The van der Waals surface area contributed by atoms with Gasteiger partial charge in [0.15, 0.2) is 11.5 Å². The minimum absolute atomic E-state index is 0.0744. The van der Waals surface area contributed by atoms with E-state index < -0.39 is 0 Å². The van der Waals surface area contributed by atoms with Gasteiger partial charge in [-0.25, -0.2) is 0 Å². The third kappa shape index (κ3) is 4.03. The number of amides is 2. The number of aromatic nitrogens is 2. The molecule has 0 fully saturated rings. The van der Waals surface area contributed by atoms with Crippen LogP contribution in [-0.2, 0) is 11.3 Å². The molecular formula is C16H18N4O4. The number of ether oxygens (including phenoxy) is 2. The lowest BCUT2D eigenvalue weighted by atomic mass is 10.2. The van der Waals surface area contributed by atoms with Gasteiger partial charge < -0.3 is 20.1 Å². The number of rotatable bonds is 7. The molecule has 2 N–H and O–H groups in total. The van der Waals surface area contributed by atoms with Crippen molar-refractivity contribution in [3.63, 3.8) is 0 Å². The normalized spacial score (nSPS) is 12.0. The van der Waals surface area contributed by atoms with Crippen molar-refractivity contribution in [3.8, 4) is 11.5 Å². The van der Waals surface area contributed by atoms with Crippen LogP contribution in [0.4, 0.5) is 0 Å². The Kier molecular flexibility index (Phi) is 4.95. The van der Waals surface area contributed by atoms with Crippen molar-refractivity contribution < 1.29 is 19.1 Å². The molecular weight excluding hydrogens is 312 g/mol. The van der Waals surface area contributed by atoms with Crippen molar-refractivity contribution in [2.75, 3.05) is 19.9 Å². The van der Waals surface area contributed by atoms with Gasteiger partial charge in [0, 0.05) is 31.0 Å². The Hall–Kier alpha value is -3.03. The summed E-state index contributed by atoms with van der Waals surface area (Å²) in [6, 6.07) is 6.75. The Labute approximate surface area is 138 Å². The molecule has 2 amide bonds. The molecule has 0 atom stereocenters. The Balaban J connectivity index is 1.37. The second-order valence-electron chi connectivity index (χ2n) is 5.22. The van der Waals surface area contributed by atoms with Crippen LogP contribution >= 0.6 is 0 Å². The van der Waals surface area contributed by atoms with Crippen molar-refractivity contribution in [2.24, 2.45) is 0 Å². The first-order valence-electron chi connectivity index (χ1n) is 7.64. The number of benzene rings is 1. The molecule has 0 radical (unpaired) electrons. The summed E-state index contributed by atoms with van der Waals surface area (Å²) in [5.74, 6) is 0.580. The maximum atomic E-state index is 12.0. The fraction of sp³-hybridized carbons (Fsp3) is 0.312. The van der Waals surface area contributed by atoms with Crippen LogP contribution in [0, 0.1) is 0 Å². The smallest absolute Gasteiger partial charge is 0.251 e. The van der Waals surface area contributed by atoms with Gasteiger partial charge in [-0.3, -0.25) is 14.3 Å². The van der Waals surface area contributed by atoms with Gasteiger partial charge in [-0.2, -0.15) is 5.10 Å². The summed E-state index contributed by atoms with van der Waals surface area (Å²) >= 11 is 0. The third-order valence-corrected chi connectivity index (χ3v) is 3.49. The topological polar surface area (TPSA) is 94.5 Å². The van der Waals surface area contributed by atoms with E-state index >= 15 is 0 Å². The number of nitrogens with one attached hydrogen (secondary N) is 2. The third-order valence-electron chi connectivity index (χ3n) is 3.49. The number of carbonyl (C=O) groups excluding carboxylic acids is 2. The highest BCUT2D eigenvalue weighted by Gasteiger charge is 2.16. The molecule has 1 aromatic carbocycles. The lowest BCUT2D eigenvalue weighted by Crippen LogP contribution is -2.37. The summed E-state index contributed by atoms with van der Waals surface area (Å²) in [5.41, 5.74) is 0.422. The molecule has 126 valence electrons. The lowest BCUT2D eigenvalue weighted by molar-refractivity contribution is -0.120. The molecule has 3 rings (SSSR count). The number of hydrogen-bond donors (Lipinski definition) is 2. The van der Waals surface area contributed by atoms with E-state index in [1.807, 2.05) is 12.3 Å². The zero-order chi connectivity index (χ0) is 16.8. The predicted molar refractivity (Wildman–Crippen MR) is 84.8 cm³/mol. The molecule has 1 aliphatic rings. The number of hydrogen-bond acceptors (Lipinski definition) is 5. The molecule has 0 saturated carbocycles. The van der Waals surface area contributed by atoms with Crippen molar-refractivity contribution in [1.82, 2.24) is 20.4 Å². The first-order chi connectivity index (χ1) is 11.7. The van der Waals surface area contributed by atoms with E-state index in [0.29, 0.717) is 23.6 Å². The van der Waals surface area contributed by atoms with E-state index in [-0.39, 0.29) is 25.2 Å². The number of carbonyl (C=O) groups is 2. The second kappa shape index (κ2) is 7.49. The molecule has 0 aliphatic carbocycles. The second-order valence-corrected chi connectivity index (χ2v) is 5.22. The largest absolute Gasteiger partial charge is 0.454 e. The van der Waals surface area contributed by atoms with Crippen molar-refractivity contribution in [3.05, 3.63) is 42.2 Å². The molecule has 2 heterocycles. The summed E-state index contributed by atoms with van der Waals surface area (Å²) in [4.78, 5) is 23.8. The number of aryl methyl sites for hydroxylation is 1. The highest BCUT2D eigenvalue weighted by Crippen LogP contribution is 2.32. The van der Waals surface area contributed by atoms with Crippen LogP contribution in [0.5, 0.6) is 11.5 Å². The van der Waals surface area contributed by atoms with Crippen LogP contribution in [0.2, 0.25) is 0 Å². The maximum Gasteiger partial charge on any atom is 0.251 e. The molecule has 1 aliphatic heterocycles. The van der Waals surface area contributed by atoms with Gasteiger partial charge in [-0.15, -0.1) is 0 Å². The Bertz CT molecular complexity index is 715. The fourth-order valence-electron chi connectivity index (χ4n) is 2.26. The highest BCUT2D eigenvalue weighted by atomic mass is 16.7. The summed E-state index contributed by atoms with van der Waals surface area (Å²) in [6.45, 7) is 1.34. The molecule has 0 unspecified atom stereocenters. The first-order valence-corrected chi connectivity index (χ1v) is 7.64. The summed E-state index contributed by atoms with van der Waals surface area (Å²) in [5, 5.41) is 9.41. The van der Waals surface area contributed by atoms with Gasteiger partial charge in [0.25, 0.3) is 5.91 Å². The van der Waals surface area contributed by atoms with Gasteiger partial charge >= 0.3 is 0 Å². The Morgan fingerprint density at radius 1 is 1.21 bits per heavy atom. The summed E-state index contributed by atoms with van der Waals surface area (Å²) in [6.07, 6.45) is 4.35. The van der Waals surface area contributed by atoms with E-state index in [4.69, 9.17) is 9.47 Å². The van der Waals surface area contributed by atoms with Gasteiger partial charge in [0.1, 0.15) is 0 Å². The molecule has 0 saturated heterocycles. The van der Waals surface area contributed by atoms with Crippen LogP contribution in [0.15, 0.2) is 36.7 Å². The monoisotopic (exact) mass is 330 g/mol. The molecule has 1 aromatic heterocycles. The Morgan fingerprint density at radius 3 is 2.92 bits per heavy atom. The molecule has 0 bridgehead atoms. The van der Waals surface area contributed by atoms with Gasteiger partial charge in [-0.1, -0.05) is 0 Å². The van der Waals surface area contributed by atoms with E-state index in [9.17, 15) is 9.59 Å². The number of nitrogens with zero attached hydrogens (tertiary/aromatic N) is 2. The minimum Gasteiger partial charge on any atom is -0.454 e. The summed E-state index contributed by atoms with van der Waals surface area (Å²) in [7, 11) is 0. The molecule has 24 heavy (non-hydrogen) atoms. The number of fused-ring (bicyclic) bond motifs is 1. The van der Waals surface area contributed by atoms with E-state index in [1.165, 1.54) is 0 Å². The average molecular weight is 330 g/mol. The van der Waals surface area contributed by atoms with Crippen LogP contribution in [-0.4, -0.2) is 41.5 Å². The average Bonchev–Trinajstić information content (AvgIpc) is 3.27. The fourth-order valence-corrected chi connectivity index (χ4v) is 2.26. The molecule has 2 aromatic rings. The van der Waals surface area contributed by atoms with Crippen molar-refractivity contribution in [1.29, 1.82) is 0 Å². The lowest BCUT2D eigenvalue weighted by Gasteiger charge is -2.07. The SMILES string of the molecule is O=C(CNC(=O)c1ccc2c(c1)OCO2)NCCCn1cccn1. The van der Waals surface area contributed by atoms with Gasteiger partial charge in [0.2, 0.25) is 12.7 Å². The quantitative estimate of drug-likeness (QED) is 0.723. The standard InChI is InChI=1S/C16H18N4O4/c21-15(17-5-1-7-20-8-2-6-19-20)10-18-16(22)12-3-4-13-14(9-12)24-11-23-13/h2-4,6,8-9H,1,5,7,10-11H2,(H,17,21)(H,18,22). The highest BCUT2D eigenvalue weighted by molar-refractivity contribution is 5.97. The minimum atomic E-state index is -0.333. The van der Waals surface area contributed by atoms with E-state index in [2.05, 4.69) is 15.7 Å². The molecule has 8 nitrogen and oxygen atoms in total. The molecule has 8 heteroatoms. The molecule has 0 spiro atoms. The van der Waals surface area contributed by atoms with Crippen LogP contribution in [0.3, 0.4) is 0 Å². The van der Waals surface area contributed by atoms with Crippen LogP contribution < -0.4 is 20.1 Å². The van der Waals surface area contributed by atoms with E-state index in [0.717, 1.165) is 13.0 Å². The maximum absolute atomic E-state index is 12.0. The van der Waals surface area contributed by atoms with Crippen LogP contribution in [0.1, 0.15) is 16.8 Å². The van der Waals surface area contributed by atoms with Gasteiger partial charge in [0.05, 0.1) is 6.54 Å². The van der Waals surface area contributed by atoms with E-state index in [1.54, 1.807) is 29.1 Å². The van der Waals surface area contributed by atoms with Crippen LogP contribution in [0.25, 0.3) is 0 Å². The first kappa shape index (κ1) is 15.9. The zero-order valence-electron chi connectivity index (χ0n) is 13.0. The van der Waals surface area contributed by atoms with Crippen molar-refractivity contribution >= 4 is 11.8 Å². The Morgan fingerprint density at radius 2 is 2.08 bits per heavy atom. The summed E-state index contributed by atoms with van der Waals surface area (Å²) < 4.78 is 12.2. The zero-order valence-corrected chi connectivity index (χ0v) is 13.0. The van der Waals surface area contributed by atoms with Crippen molar-refractivity contribution in [2.45, 2.75) is 13.0 Å². The van der Waals surface area contributed by atoms with Gasteiger partial charge in [-0.05, 0) is 30.7 Å².